The summed E-state index contributed by atoms with van der Waals surface area (Å²) >= 11 is 0. The van der Waals surface area contributed by atoms with Gasteiger partial charge in [-0.15, -0.1) is 0 Å². The fourth-order valence-corrected chi connectivity index (χ4v) is 2.17. The van der Waals surface area contributed by atoms with Gasteiger partial charge in [0.15, 0.2) is 5.92 Å². The molecule has 2 aromatic rings. The zero-order chi connectivity index (χ0) is 17.0. The summed E-state index contributed by atoms with van der Waals surface area (Å²) in [5.74, 6) is -2.70. The van der Waals surface area contributed by atoms with E-state index in [2.05, 4.69) is 14.5 Å². The van der Waals surface area contributed by atoms with Crippen molar-refractivity contribution in [3.63, 3.8) is 0 Å². The molecular formula is C16H16N2O5. The van der Waals surface area contributed by atoms with Crippen LogP contribution >= 0.6 is 0 Å². The Morgan fingerprint density at radius 1 is 1.09 bits per heavy atom. The highest BCUT2D eigenvalue weighted by atomic mass is 16.5. The molecule has 2 rings (SSSR count). The van der Waals surface area contributed by atoms with Gasteiger partial charge >= 0.3 is 11.9 Å². The van der Waals surface area contributed by atoms with Crippen LogP contribution in [0.4, 0.5) is 0 Å². The molecule has 0 fully saturated rings. The average Bonchev–Trinajstić information content (AvgIpc) is 2.58. The minimum absolute atomic E-state index is 0.137. The van der Waals surface area contributed by atoms with Crippen molar-refractivity contribution in [1.82, 2.24) is 9.55 Å². The van der Waals surface area contributed by atoms with Crippen molar-refractivity contribution in [2.45, 2.75) is 12.8 Å². The Labute approximate surface area is 132 Å². The molecule has 7 heteroatoms. The van der Waals surface area contributed by atoms with Gasteiger partial charge < -0.3 is 9.47 Å². The predicted molar refractivity (Wildman–Crippen MR) is 81.3 cm³/mol. The molecule has 0 saturated heterocycles. The summed E-state index contributed by atoms with van der Waals surface area (Å²) in [5.41, 5.74) is 0.213. The van der Waals surface area contributed by atoms with Crippen LogP contribution in [0.3, 0.4) is 0 Å². The first kappa shape index (κ1) is 16.4. The summed E-state index contributed by atoms with van der Waals surface area (Å²) in [4.78, 5) is 40.7. The Morgan fingerprint density at radius 2 is 1.74 bits per heavy atom. The maximum absolute atomic E-state index is 12.5. The van der Waals surface area contributed by atoms with Crippen molar-refractivity contribution in [1.29, 1.82) is 0 Å². The first-order chi connectivity index (χ1) is 11.0. The van der Waals surface area contributed by atoms with Crippen LogP contribution in [-0.4, -0.2) is 35.7 Å². The number of pyridine rings is 2. The first-order valence-electron chi connectivity index (χ1n) is 6.81. The summed E-state index contributed by atoms with van der Waals surface area (Å²) < 4.78 is 10.6. The molecule has 0 radical (unpaired) electrons. The first-order valence-corrected chi connectivity index (χ1v) is 6.81. The molecule has 0 atom stereocenters. The van der Waals surface area contributed by atoms with Gasteiger partial charge in [-0.05, 0) is 25.1 Å². The molecule has 0 saturated carbocycles. The zero-order valence-corrected chi connectivity index (χ0v) is 13.0. The number of hydrogen-bond acceptors (Lipinski definition) is 6. The summed E-state index contributed by atoms with van der Waals surface area (Å²) in [6, 6.07) is 8.06. The van der Waals surface area contributed by atoms with Gasteiger partial charge in [0.25, 0.3) is 5.56 Å². The van der Waals surface area contributed by atoms with Gasteiger partial charge in [-0.3, -0.25) is 19.0 Å². The molecule has 23 heavy (non-hydrogen) atoms. The van der Waals surface area contributed by atoms with E-state index in [1.807, 2.05) is 0 Å². The standard InChI is InChI=1S/C16H16N2O5/c1-10-7-8-11(13(15(20)22-2)16(21)23-3)18(14(10)19)12-6-4-5-9-17-12/h4-9,13H,1-3H3. The zero-order valence-electron chi connectivity index (χ0n) is 13.0. The molecule has 0 aliphatic carbocycles. The summed E-state index contributed by atoms with van der Waals surface area (Å²) in [6.45, 7) is 1.64. The fourth-order valence-electron chi connectivity index (χ4n) is 2.17. The Hall–Kier alpha value is -2.96. The number of rotatable bonds is 4. The van der Waals surface area contributed by atoms with E-state index in [1.54, 1.807) is 25.1 Å². The van der Waals surface area contributed by atoms with Gasteiger partial charge in [0.1, 0.15) is 5.82 Å². The molecule has 0 amide bonds. The van der Waals surface area contributed by atoms with E-state index < -0.39 is 17.9 Å². The van der Waals surface area contributed by atoms with Crippen molar-refractivity contribution >= 4 is 11.9 Å². The lowest BCUT2D eigenvalue weighted by molar-refractivity contribution is -0.154. The summed E-state index contributed by atoms with van der Waals surface area (Å²) in [7, 11) is 2.32. The molecule has 0 aromatic carbocycles. The molecule has 7 nitrogen and oxygen atoms in total. The highest BCUT2D eigenvalue weighted by Crippen LogP contribution is 2.21. The van der Waals surface area contributed by atoms with Crippen molar-refractivity contribution in [2.24, 2.45) is 0 Å². The quantitative estimate of drug-likeness (QED) is 0.617. The largest absolute Gasteiger partial charge is 0.468 e. The summed E-state index contributed by atoms with van der Waals surface area (Å²) in [6.07, 6.45) is 1.51. The lowest BCUT2D eigenvalue weighted by Gasteiger charge is -2.18. The molecular weight excluding hydrogens is 300 g/mol. The lowest BCUT2D eigenvalue weighted by atomic mass is 10.0. The number of ether oxygens (including phenoxy) is 2. The minimum atomic E-state index is -1.37. The van der Waals surface area contributed by atoms with Crippen LogP contribution in [0.2, 0.25) is 0 Å². The Morgan fingerprint density at radius 3 is 2.26 bits per heavy atom. The van der Waals surface area contributed by atoms with Crippen molar-refractivity contribution in [3.8, 4) is 5.82 Å². The van der Waals surface area contributed by atoms with E-state index in [9.17, 15) is 14.4 Å². The molecule has 0 spiro atoms. The third-order valence-corrected chi connectivity index (χ3v) is 3.35. The number of esters is 2. The van der Waals surface area contributed by atoms with E-state index in [4.69, 9.17) is 0 Å². The van der Waals surface area contributed by atoms with Crippen LogP contribution in [0, 0.1) is 6.92 Å². The second-order valence-corrected chi connectivity index (χ2v) is 4.75. The van der Waals surface area contributed by atoms with Crippen molar-refractivity contribution in [3.05, 3.63) is 58.1 Å². The van der Waals surface area contributed by atoms with Crippen LogP contribution in [0.25, 0.3) is 5.82 Å². The second-order valence-electron chi connectivity index (χ2n) is 4.75. The SMILES string of the molecule is COC(=O)C(C(=O)OC)c1ccc(C)c(=O)n1-c1ccccn1. The molecule has 0 N–H and O–H groups in total. The van der Waals surface area contributed by atoms with Crippen LogP contribution in [0.15, 0.2) is 41.3 Å². The monoisotopic (exact) mass is 316 g/mol. The van der Waals surface area contributed by atoms with Gasteiger partial charge in [-0.2, -0.15) is 0 Å². The molecule has 2 aromatic heterocycles. The van der Waals surface area contributed by atoms with Crippen LogP contribution in [0.5, 0.6) is 0 Å². The Kier molecular flexibility index (Phi) is 4.90. The average molecular weight is 316 g/mol. The topological polar surface area (TPSA) is 87.5 Å². The number of carbonyl (C=O) groups is 2. The lowest BCUT2D eigenvalue weighted by Crippen LogP contribution is -2.32. The summed E-state index contributed by atoms with van der Waals surface area (Å²) in [5, 5.41) is 0. The van der Waals surface area contributed by atoms with Crippen LogP contribution in [0.1, 0.15) is 17.2 Å². The highest BCUT2D eigenvalue weighted by molar-refractivity contribution is 6.00. The third kappa shape index (κ3) is 3.13. The number of hydrogen-bond donors (Lipinski definition) is 0. The number of aryl methyl sites for hydroxylation is 1. The number of carbonyl (C=O) groups excluding carboxylic acids is 2. The van der Waals surface area contributed by atoms with Crippen LogP contribution < -0.4 is 5.56 Å². The second kappa shape index (κ2) is 6.87. The number of methoxy groups -OCH3 is 2. The van der Waals surface area contributed by atoms with Crippen LogP contribution in [-0.2, 0) is 19.1 Å². The van der Waals surface area contributed by atoms with Crippen molar-refractivity contribution < 1.29 is 19.1 Å². The van der Waals surface area contributed by atoms with Gasteiger partial charge in [0, 0.05) is 11.8 Å². The van der Waals surface area contributed by atoms with E-state index >= 15 is 0 Å². The minimum Gasteiger partial charge on any atom is -0.468 e. The van der Waals surface area contributed by atoms with E-state index in [0.717, 1.165) is 14.2 Å². The highest BCUT2D eigenvalue weighted by Gasteiger charge is 2.34. The number of nitrogens with zero attached hydrogens (tertiary/aromatic N) is 2. The molecule has 0 aliphatic heterocycles. The van der Waals surface area contributed by atoms with E-state index in [-0.39, 0.29) is 11.3 Å². The van der Waals surface area contributed by atoms with Gasteiger partial charge in [-0.25, -0.2) is 4.98 Å². The maximum atomic E-state index is 12.5. The normalized spacial score (nSPS) is 10.4. The molecule has 0 bridgehead atoms. The maximum Gasteiger partial charge on any atom is 0.326 e. The van der Waals surface area contributed by atoms with Crippen molar-refractivity contribution in [2.75, 3.05) is 14.2 Å². The van der Waals surface area contributed by atoms with E-state index in [0.29, 0.717) is 11.4 Å². The molecule has 120 valence electrons. The molecule has 0 aliphatic rings. The fraction of sp³-hybridized carbons (Fsp3) is 0.250. The predicted octanol–water partition coefficient (Wildman–Crippen LogP) is 0.971. The Balaban J connectivity index is 2.76. The third-order valence-electron chi connectivity index (χ3n) is 3.35. The smallest absolute Gasteiger partial charge is 0.326 e. The molecule has 2 heterocycles. The Bertz CT molecular complexity index is 767. The van der Waals surface area contributed by atoms with E-state index in [1.165, 1.54) is 22.9 Å². The number of aromatic nitrogens is 2. The van der Waals surface area contributed by atoms with Gasteiger partial charge in [0.05, 0.1) is 19.9 Å². The van der Waals surface area contributed by atoms with Gasteiger partial charge in [-0.1, -0.05) is 12.1 Å². The molecule has 0 unspecified atom stereocenters. The van der Waals surface area contributed by atoms with Gasteiger partial charge in [0.2, 0.25) is 0 Å².